The number of nitrogens with one attached hydrogen (secondary N) is 2. The lowest BCUT2D eigenvalue weighted by Gasteiger charge is -2.39. The summed E-state index contributed by atoms with van der Waals surface area (Å²) in [6.07, 6.45) is -0.0526. The highest BCUT2D eigenvalue weighted by atomic mass is 16.7. The van der Waals surface area contributed by atoms with E-state index in [9.17, 15) is 9.90 Å². The van der Waals surface area contributed by atoms with Crippen LogP contribution in [-0.4, -0.2) is 35.7 Å². The fraction of sp³-hybridized carbons (Fsp3) is 0.213. The largest absolute Gasteiger partial charge is 0.457 e. The number of aliphatic hydroxyl groups is 1. The number of para-hydroxylation sites is 1. The molecule has 8 nitrogen and oxygen atoms in total. The van der Waals surface area contributed by atoms with Crippen molar-refractivity contribution in [2.75, 3.05) is 18.9 Å². The summed E-state index contributed by atoms with van der Waals surface area (Å²) in [5.74, 6) is 1.44. The third-order valence-electron chi connectivity index (χ3n) is 10.0. The Kier molecular flexibility index (Phi) is 12.3. The van der Waals surface area contributed by atoms with E-state index in [0.717, 1.165) is 45.7 Å². The maximum Gasteiger partial charge on any atom is 0.319 e. The van der Waals surface area contributed by atoms with Gasteiger partial charge in [-0.05, 0) is 89.8 Å². The summed E-state index contributed by atoms with van der Waals surface area (Å²) in [7, 11) is 2.14. The Morgan fingerprint density at radius 2 is 1.42 bits per heavy atom. The van der Waals surface area contributed by atoms with Crippen LogP contribution in [0.3, 0.4) is 0 Å². The molecule has 0 aromatic heterocycles. The van der Waals surface area contributed by atoms with E-state index in [0.29, 0.717) is 24.4 Å². The number of rotatable bonds is 13. The van der Waals surface area contributed by atoms with E-state index in [1.54, 1.807) is 0 Å². The van der Waals surface area contributed by atoms with Crippen LogP contribution in [0.5, 0.6) is 11.5 Å². The van der Waals surface area contributed by atoms with Crippen LogP contribution in [0.2, 0.25) is 0 Å². The molecule has 0 bridgehead atoms. The second-order valence-corrected chi connectivity index (χ2v) is 13.9. The molecule has 2 amide bonds. The molecule has 3 N–H and O–H groups in total. The van der Waals surface area contributed by atoms with Gasteiger partial charge in [0, 0.05) is 36.8 Å². The maximum atomic E-state index is 12.7. The SMILES string of the molecule is CC(c1ccccc1)N(C)CC1CC(c2ccc(CO)cc2)OC(c2ccc(-c3cccc(CNC(=O)Nc4ccc(Oc5ccccc5)cc4)c3)cc2)O1. The number of nitrogens with zero attached hydrogens (tertiary/aromatic N) is 1. The predicted molar refractivity (Wildman–Crippen MR) is 217 cm³/mol. The van der Waals surface area contributed by atoms with E-state index in [1.165, 1.54) is 5.56 Å². The molecule has 4 atom stereocenters. The van der Waals surface area contributed by atoms with E-state index < -0.39 is 6.29 Å². The third kappa shape index (κ3) is 10.1. The number of benzene rings is 6. The molecule has 7 rings (SSSR count). The Morgan fingerprint density at radius 1 is 0.745 bits per heavy atom. The van der Waals surface area contributed by atoms with Crippen molar-refractivity contribution >= 4 is 11.7 Å². The summed E-state index contributed by atoms with van der Waals surface area (Å²) in [4.78, 5) is 15.1. The summed E-state index contributed by atoms with van der Waals surface area (Å²) in [6.45, 7) is 3.34. The van der Waals surface area contributed by atoms with Crippen molar-refractivity contribution in [3.63, 3.8) is 0 Å². The highest BCUT2D eigenvalue weighted by molar-refractivity contribution is 5.89. The zero-order chi connectivity index (χ0) is 38.0. The first kappa shape index (κ1) is 37.5. The Labute approximate surface area is 323 Å². The zero-order valence-corrected chi connectivity index (χ0v) is 31.2. The van der Waals surface area contributed by atoms with Crippen molar-refractivity contribution in [1.82, 2.24) is 10.2 Å². The van der Waals surface area contributed by atoms with E-state index in [1.807, 2.05) is 97.1 Å². The predicted octanol–water partition coefficient (Wildman–Crippen LogP) is 10.2. The molecule has 1 fully saturated rings. The Bertz CT molecular complexity index is 2110. The molecule has 1 heterocycles. The fourth-order valence-electron chi connectivity index (χ4n) is 6.78. The van der Waals surface area contributed by atoms with Crippen molar-refractivity contribution in [3.05, 3.63) is 186 Å². The van der Waals surface area contributed by atoms with E-state index in [2.05, 4.69) is 90.2 Å². The molecule has 280 valence electrons. The molecule has 8 heteroatoms. The van der Waals surface area contributed by atoms with Gasteiger partial charge >= 0.3 is 6.03 Å². The number of ether oxygens (including phenoxy) is 3. The standard InChI is InChI=1S/C47H47N3O5/c1-33(36-11-5-3-6-12-36)50(2)31-44-29-45(38-18-16-34(32-51)17-19-38)55-46(54-44)39-22-20-37(21-23-39)40-13-9-10-35(28-40)30-48-47(52)49-41-24-26-43(27-25-41)53-42-14-7-4-8-15-42/h3-28,33,44-46,51H,29-32H2,1-2H3,(H2,48,49,52). The number of urea groups is 1. The zero-order valence-electron chi connectivity index (χ0n) is 31.2. The van der Waals surface area contributed by atoms with Gasteiger partial charge in [-0.1, -0.05) is 115 Å². The van der Waals surface area contributed by atoms with Crippen LogP contribution in [0.15, 0.2) is 158 Å². The number of amides is 2. The average molecular weight is 734 g/mol. The minimum atomic E-state index is -0.544. The third-order valence-corrected chi connectivity index (χ3v) is 10.0. The van der Waals surface area contributed by atoms with Gasteiger partial charge in [0.2, 0.25) is 0 Å². The van der Waals surface area contributed by atoms with Gasteiger partial charge in [0.1, 0.15) is 11.5 Å². The molecule has 6 aromatic carbocycles. The summed E-state index contributed by atoms with van der Waals surface area (Å²) in [6, 6.07) is 51.8. The molecule has 4 unspecified atom stereocenters. The number of anilines is 1. The lowest BCUT2D eigenvalue weighted by Crippen LogP contribution is -2.38. The number of likely N-dealkylation sites (N-methyl/N-ethyl adjacent to an activating group) is 1. The number of hydrogen-bond donors (Lipinski definition) is 3. The molecule has 55 heavy (non-hydrogen) atoms. The minimum absolute atomic E-state index is 0.00500. The van der Waals surface area contributed by atoms with E-state index in [-0.39, 0.29) is 30.9 Å². The first-order chi connectivity index (χ1) is 26.9. The smallest absolute Gasteiger partial charge is 0.319 e. The van der Waals surface area contributed by atoms with Crippen LogP contribution < -0.4 is 15.4 Å². The first-order valence-corrected chi connectivity index (χ1v) is 18.7. The molecule has 1 saturated heterocycles. The van der Waals surface area contributed by atoms with Gasteiger partial charge in [0.25, 0.3) is 0 Å². The van der Waals surface area contributed by atoms with Gasteiger partial charge in [-0.3, -0.25) is 4.90 Å². The number of aliphatic hydroxyl groups excluding tert-OH is 1. The molecule has 0 saturated carbocycles. The van der Waals surface area contributed by atoms with Gasteiger partial charge in [-0.2, -0.15) is 0 Å². The molecule has 0 spiro atoms. The van der Waals surface area contributed by atoms with Crippen LogP contribution in [0.25, 0.3) is 11.1 Å². The second kappa shape index (κ2) is 18.0. The lowest BCUT2D eigenvalue weighted by molar-refractivity contribution is -0.253. The summed E-state index contributed by atoms with van der Waals surface area (Å²) in [5.41, 5.74) is 7.89. The molecule has 1 aliphatic heterocycles. The van der Waals surface area contributed by atoms with Crippen LogP contribution in [0.4, 0.5) is 10.5 Å². The van der Waals surface area contributed by atoms with E-state index in [4.69, 9.17) is 14.2 Å². The van der Waals surface area contributed by atoms with E-state index >= 15 is 0 Å². The highest BCUT2D eigenvalue weighted by Crippen LogP contribution is 2.39. The van der Waals surface area contributed by atoms with Crippen molar-refractivity contribution in [3.8, 4) is 22.6 Å². The molecular formula is C47H47N3O5. The quantitative estimate of drug-likeness (QED) is 0.109. The van der Waals surface area contributed by atoms with Crippen molar-refractivity contribution < 1.29 is 24.1 Å². The lowest BCUT2D eigenvalue weighted by atomic mass is 9.98. The Balaban J connectivity index is 0.982. The Hall–Kier alpha value is -5.77. The van der Waals surface area contributed by atoms with Crippen molar-refractivity contribution in [2.24, 2.45) is 0 Å². The molecule has 6 aromatic rings. The summed E-state index contributed by atoms with van der Waals surface area (Å²) < 4.78 is 19.1. The van der Waals surface area contributed by atoms with Crippen LogP contribution in [0, 0.1) is 0 Å². The fourth-order valence-corrected chi connectivity index (χ4v) is 6.78. The maximum absolute atomic E-state index is 12.7. The van der Waals surface area contributed by atoms with Gasteiger partial charge < -0.3 is 30.0 Å². The van der Waals surface area contributed by atoms with Crippen molar-refractivity contribution in [1.29, 1.82) is 0 Å². The summed E-state index contributed by atoms with van der Waals surface area (Å²) >= 11 is 0. The van der Waals surface area contributed by atoms with Crippen LogP contribution in [0.1, 0.15) is 59.6 Å². The van der Waals surface area contributed by atoms with Crippen LogP contribution in [-0.2, 0) is 22.6 Å². The first-order valence-electron chi connectivity index (χ1n) is 18.7. The van der Waals surface area contributed by atoms with Gasteiger partial charge in [0.15, 0.2) is 6.29 Å². The Morgan fingerprint density at radius 3 is 2.13 bits per heavy atom. The molecule has 0 aliphatic carbocycles. The van der Waals surface area contributed by atoms with Crippen molar-refractivity contribution in [2.45, 2.75) is 51.0 Å². The van der Waals surface area contributed by atoms with Gasteiger partial charge in [-0.15, -0.1) is 0 Å². The monoisotopic (exact) mass is 733 g/mol. The van der Waals surface area contributed by atoms with Crippen LogP contribution >= 0.6 is 0 Å². The van der Waals surface area contributed by atoms with Gasteiger partial charge in [-0.25, -0.2) is 4.79 Å². The molecule has 1 aliphatic rings. The highest BCUT2D eigenvalue weighted by Gasteiger charge is 2.33. The summed E-state index contributed by atoms with van der Waals surface area (Å²) in [5, 5.41) is 15.4. The second-order valence-electron chi connectivity index (χ2n) is 13.9. The van der Waals surface area contributed by atoms with Gasteiger partial charge in [0.05, 0.1) is 18.8 Å². The normalized spacial score (nSPS) is 17.3. The average Bonchev–Trinajstić information content (AvgIpc) is 3.24. The minimum Gasteiger partial charge on any atom is -0.457 e. The number of carbonyl (C=O) groups is 1. The molecular weight excluding hydrogens is 687 g/mol. The molecule has 0 radical (unpaired) electrons. The number of hydrogen-bond acceptors (Lipinski definition) is 6. The topological polar surface area (TPSA) is 92.3 Å². The number of carbonyl (C=O) groups excluding carboxylic acids is 1.